The summed E-state index contributed by atoms with van der Waals surface area (Å²) >= 11 is 0. The highest BCUT2D eigenvalue weighted by Crippen LogP contribution is 2.24. The summed E-state index contributed by atoms with van der Waals surface area (Å²) in [6.07, 6.45) is 0.778. The molecule has 9 heteroatoms. The molecule has 2 N–H and O–H groups in total. The molecule has 0 radical (unpaired) electrons. The Morgan fingerprint density at radius 1 is 1.55 bits per heavy atom. The lowest BCUT2D eigenvalue weighted by Gasteiger charge is -2.21. The van der Waals surface area contributed by atoms with E-state index in [4.69, 9.17) is 11.1 Å². The highest BCUT2D eigenvalue weighted by molar-refractivity contribution is 5.99. The summed E-state index contributed by atoms with van der Waals surface area (Å²) in [5, 5.41) is 6.25. The van der Waals surface area contributed by atoms with Gasteiger partial charge in [0.25, 0.3) is 5.91 Å². The first-order chi connectivity index (χ1) is 9.65. The van der Waals surface area contributed by atoms with Crippen molar-refractivity contribution in [2.45, 2.75) is 12.8 Å². The Morgan fingerprint density at radius 2 is 2.35 bits per heavy atom. The van der Waals surface area contributed by atoms with E-state index in [0.29, 0.717) is 24.1 Å². The minimum Gasteiger partial charge on any atom is -0.294 e. The molecule has 20 heavy (non-hydrogen) atoms. The number of nitrogens with one attached hydrogen (secondary N) is 2. The maximum atomic E-state index is 11.9. The van der Waals surface area contributed by atoms with Crippen LogP contribution in [-0.4, -0.2) is 23.2 Å². The standard InChI is InChI=1S/C11H11N7O2/c12-17-14-5-6-3-9-7(10(19)4-6)1-2-8(15-9)11(20)16-18-13/h1-2,6H,3-5H2,(H2,13,16,20). The molecule has 0 aliphatic heterocycles. The Hall–Kier alpha value is -2.80. The van der Waals surface area contributed by atoms with Gasteiger partial charge in [-0.25, -0.2) is 10.4 Å². The SMILES string of the molecule is [N-]=[N+]=NCC1CC(=O)c2ccc(C(=O)NN=N)nc2C1. The Labute approximate surface area is 113 Å². The van der Waals surface area contributed by atoms with E-state index >= 15 is 0 Å². The number of azide groups is 1. The summed E-state index contributed by atoms with van der Waals surface area (Å²) in [6.45, 7) is 0.224. The van der Waals surface area contributed by atoms with Crippen LogP contribution in [0.3, 0.4) is 0 Å². The third-order valence-electron chi connectivity index (χ3n) is 3.02. The van der Waals surface area contributed by atoms with Gasteiger partial charge in [-0.05, 0) is 30.0 Å². The fourth-order valence-electron chi connectivity index (χ4n) is 2.14. The van der Waals surface area contributed by atoms with Gasteiger partial charge < -0.3 is 0 Å². The van der Waals surface area contributed by atoms with Crippen molar-refractivity contribution in [2.24, 2.45) is 16.3 Å². The second-order valence-electron chi connectivity index (χ2n) is 4.35. The number of rotatable bonds is 4. The number of Topliss-reactive ketones (excluding diaryl/α,β-unsaturated/α-hetero) is 1. The number of nitrogens with zero attached hydrogens (tertiary/aromatic N) is 5. The van der Waals surface area contributed by atoms with Crippen molar-refractivity contribution >= 4 is 11.7 Å². The van der Waals surface area contributed by atoms with Gasteiger partial charge in [0.05, 0.1) is 5.69 Å². The molecule has 1 aromatic heterocycles. The predicted octanol–water partition coefficient (Wildman–Crippen LogP) is 1.81. The maximum Gasteiger partial charge on any atom is 0.291 e. The van der Waals surface area contributed by atoms with E-state index in [0.717, 1.165) is 0 Å². The zero-order valence-electron chi connectivity index (χ0n) is 10.4. The first-order valence-corrected chi connectivity index (χ1v) is 5.86. The Bertz CT molecular complexity index is 621. The van der Waals surface area contributed by atoms with E-state index in [1.165, 1.54) is 6.07 Å². The molecule has 1 aliphatic carbocycles. The molecule has 1 aromatic rings. The average molecular weight is 273 g/mol. The summed E-state index contributed by atoms with van der Waals surface area (Å²) in [6, 6.07) is 2.97. The van der Waals surface area contributed by atoms with Crippen molar-refractivity contribution in [1.82, 2.24) is 10.4 Å². The third kappa shape index (κ3) is 2.78. The lowest BCUT2D eigenvalue weighted by molar-refractivity contribution is 0.0930. The van der Waals surface area contributed by atoms with E-state index in [9.17, 15) is 9.59 Å². The average Bonchev–Trinajstić information content (AvgIpc) is 2.44. The number of carbonyl (C=O) groups excluding carboxylic acids is 2. The quantitative estimate of drug-likeness (QED) is 0.373. The van der Waals surface area contributed by atoms with Crippen LogP contribution in [0.25, 0.3) is 10.4 Å². The van der Waals surface area contributed by atoms with E-state index < -0.39 is 5.91 Å². The van der Waals surface area contributed by atoms with Gasteiger partial charge in [0.15, 0.2) is 5.78 Å². The van der Waals surface area contributed by atoms with Crippen molar-refractivity contribution in [1.29, 1.82) is 5.53 Å². The van der Waals surface area contributed by atoms with E-state index in [1.807, 2.05) is 5.43 Å². The number of amides is 1. The molecule has 0 spiro atoms. The normalized spacial score (nSPS) is 16.8. The topological polar surface area (TPSA) is 144 Å². The van der Waals surface area contributed by atoms with Gasteiger partial charge >= 0.3 is 0 Å². The second-order valence-corrected chi connectivity index (χ2v) is 4.35. The molecule has 1 amide bonds. The van der Waals surface area contributed by atoms with Crippen LogP contribution >= 0.6 is 0 Å². The molecule has 1 unspecified atom stereocenters. The number of pyridine rings is 1. The van der Waals surface area contributed by atoms with Crippen LogP contribution in [0.1, 0.15) is 33.0 Å². The van der Waals surface area contributed by atoms with Crippen molar-refractivity contribution in [3.8, 4) is 0 Å². The molecule has 9 nitrogen and oxygen atoms in total. The molecular formula is C11H11N7O2. The number of hydrogen-bond acceptors (Lipinski definition) is 6. The molecule has 0 fully saturated rings. The number of aromatic nitrogens is 1. The van der Waals surface area contributed by atoms with Crippen LogP contribution in [0.15, 0.2) is 22.5 Å². The largest absolute Gasteiger partial charge is 0.294 e. The van der Waals surface area contributed by atoms with Crippen molar-refractivity contribution in [3.05, 3.63) is 39.5 Å². The molecule has 0 saturated carbocycles. The summed E-state index contributed by atoms with van der Waals surface area (Å²) in [7, 11) is 0. The number of fused-ring (bicyclic) bond motifs is 1. The Balaban J connectivity index is 2.28. The van der Waals surface area contributed by atoms with Crippen LogP contribution in [-0.2, 0) is 6.42 Å². The molecule has 0 saturated heterocycles. The summed E-state index contributed by atoms with van der Waals surface area (Å²) in [4.78, 5) is 30.3. The highest BCUT2D eigenvalue weighted by atomic mass is 16.2. The van der Waals surface area contributed by atoms with Crippen LogP contribution in [0.5, 0.6) is 0 Å². The molecule has 1 aliphatic rings. The second kappa shape index (κ2) is 5.89. The molecule has 2 rings (SSSR count). The molecule has 0 aromatic carbocycles. The first-order valence-electron chi connectivity index (χ1n) is 5.86. The number of ketones is 1. The Kier molecular flexibility index (Phi) is 4.02. The van der Waals surface area contributed by atoms with Gasteiger partial charge in [-0.15, -0.1) is 0 Å². The first kappa shape index (κ1) is 13.6. The molecule has 1 heterocycles. The molecule has 102 valence electrons. The highest BCUT2D eigenvalue weighted by Gasteiger charge is 2.26. The molecule has 0 bridgehead atoms. The monoisotopic (exact) mass is 273 g/mol. The lowest BCUT2D eigenvalue weighted by atomic mass is 9.86. The smallest absolute Gasteiger partial charge is 0.291 e. The predicted molar refractivity (Wildman–Crippen MR) is 67.0 cm³/mol. The van der Waals surface area contributed by atoms with Crippen molar-refractivity contribution < 1.29 is 9.59 Å². The molecular weight excluding hydrogens is 262 g/mol. The van der Waals surface area contributed by atoms with Gasteiger partial charge in [-0.2, -0.15) is 5.53 Å². The van der Waals surface area contributed by atoms with E-state index in [-0.39, 0.29) is 23.9 Å². The fraction of sp³-hybridized carbons (Fsp3) is 0.364. The number of carbonyl (C=O) groups is 2. The van der Waals surface area contributed by atoms with Gasteiger partial charge in [0.1, 0.15) is 5.69 Å². The van der Waals surface area contributed by atoms with Gasteiger partial charge in [0.2, 0.25) is 0 Å². The van der Waals surface area contributed by atoms with E-state index in [2.05, 4.69) is 20.2 Å². The van der Waals surface area contributed by atoms with Crippen molar-refractivity contribution in [2.75, 3.05) is 6.54 Å². The lowest BCUT2D eigenvalue weighted by Crippen LogP contribution is -2.25. The third-order valence-corrected chi connectivity index (χ3v) is 3.02. The minimum atomic E-state index is -0.604. The zero-order valence-corrected chi connectivity index (χ0v) is 10.4. The minimum absolute atomic E-state index is 0.0750. The van der Waals surface area contributed by atoms with Gasteiger partial charge in [0, 0.05) is 23.4 Å². The summed E-state index contributed by atoms with van der Waals surface area (Å²) < 4.78 is 0. The van der Waals surface area contributed by atoms with Crippen molar-refractivity contribution in [3.63, 3.8) is 0 Å². The van der Waals surface area contributed by atoms with Crippen LogP contribution in [0.2, 0.25) is 0 Å². The van der Waals surface area contributed by atoms with Crippen LogP contribution in [0, 0.1) is 11.4 Å². The Morgan fingerprint density at radius 3 is 3.05 bits per heavy atom. The van der Waals surface area contributed by atoms with Gasteiger partial charge in [-0.1, -0.05) is 10.3 Å². The number of hydrogen-bond donors (Lipinski definition) is 2. The molecule has 1 atom stereocenters. The zero-order chi connectivity index (χ0) is 14.5. The van der Waals surface area contributed by atoms with Crippen LogP contribution in [0.4, 0.5) is 0 Å². The summed E-state index contributed by atoms with van der Waals surface area (Å²) in [5.74, 6) is -0.779. The van der Waals surface area contributed by atoms with Crippen LogP contribution < -0.4 is 5.43 Å². The van der Waals surface area contributed by atoms with E-state index in [1.54, 1.807) is 6.07 Å². The van der Waals surface area contributed by atoms with Gasteiger partial charge in [-0.3, -0.25) is 9.59 Å². The fourth-order valence-corrected chi connectivity index (χ4v) is 2.14. The summed E-state index contributed by atoms with van der Waals surface area (Å²) in [5.41, 5.74) is 17.9. The maximum absolute atomic E-state index is 11.9.